The molecule has 0 aromatic heterocycles. The first-order valence-corrected chi connectivity index (χ1v) is 9.74. The fraction of sp³-hybridized carbons (Fsp3) is 0.111. The summed E-state index contributed by atoms with van der Waals surface area (Å²) in [6.45, 7) is 4.64. The number of nitrogens with two attached hydrogens (primary N) is 1. The van der Waals surface area contributed by atoms with E-state index in [1.54, 1.807) is 0 Å². The number of benzene rings is 4. The average Bonchev–Trinajstić information content (AvgIpc) is 2.94. The van der Waals surface area contributed by atoms with Crippen molar-refractivity contribution in [1.82, 2.24) is 0 Å². The Bertz CT molecular complexity index is 1240. The molecule has 2 N–H and O–H groups in total. The Kier molecular flexibility index (Phi) is 3.67. The van der Waals surface area contributed by atoms with Gasteiger partial charge in [0.25, 0.3) is 0 Å². The second-order valence-corrected chi connectivity index (χ2v) is 8.17. The lowest BCUT2D eigenvalue weighted by atomic mass is 9.82. The Morgan fingerprint density at radius 2 is 1.29 bits per heavy atom. The smallest absolute Gasteiger partial charge is 0.0320 e. The Hall–Kier alpha value is -3.32. The van der Waals surface area contributed by atoms with Crippen molar-refractivity contribution in [3.8, 4) is 11.1 Å². The highest BCUT2D eigenvalue weighted by Gasteiger charge is 2.34. The third-order valence-corrected chi connectivity index (χ3v) is 5.96. The lowest BCUT2D eigenvalue weighted by Crippen LogP contribution is -2.14. The van der Waals surface area contributed by atoms with E-state index in [0.717, 1.165) is 5.69 Å². The van der Waals surface area contributed by atoms with Crippen LogP contribution in [0.1, 0.15) is 36.1 Å². The van der Waals surface area contributed by atoms with Crippen molar-refractivity contribution in [2.75, 3.05) is 5.73 Å². The van der Waals surface area contributed by atoms with Crippen LogP contribution in [0.25, 0.3) is 34.1 Å². The highest BCUT2D eigenvalue weighted by Crippen LogP contribution is 2.48. The van der Waals surface area contributed by atoms with Crippen molar-refractivity contribution < 1.29 is 0 Å². The zero-order chi connectivity index (χ0) is 19.3. The minimum absolute atomic E-state index is 0.0403. The highest BCUT2D eigenvalue weighted by molar-refractivity contribution is 5.88. The summed E-state index contributed by atoms with van der Waals surface area (Å²) < 4.78 is 0. The monoisotopic (exact) mass is 361 g/mol. The second-order valence-electron chi connectivity index (χ2n) is 8.17. The summed E-state index contributed by atoms with van der Waals surface area (Å²) in [4.78, 5) is 0. The van der Waals surface area contributed by atoms with Gasteiger partial charge in [0.15, 0.2) is 0 Å². The van der Waals surface area contributed by atoms with Crippen LogP contribution in [0.15, 0.2) is 78.9 Å². The van der Waals surface area contributed by atoms with Gasteiger partial charge in [0, 0.05) is 11.1 Å². The molecule has 0 radical (unpaired) electrons. The van der Waals surface area contributed by atoms with E-state index in [1.165, 1.54) is 44.2 Å². The van der Waals surface area contributed by atoms with Crippen LogP contribution in [0.5, 0.6) is 0 Å². The largest absolute Gasteiger partial charge is 0.399 e. The van der Waals surface area contributed by atoms with E-state index in [1.807, 2.05) is 12.1 Å². The van der Waals surface area contributed by atoms with E-state index in [4.69, 9.17) is 5.73 Å². The van der Waals surface area contributed by atoms with E-state index in [9.17, 15) is 0 Å². The van der Waals surface area contributed by atoms with Crippen LogP contribution in [0.4, 0.5) is 5.69 Å². The van der Waals surface area contributed by atoms with Crippen LogP contribution in [-0.2, 0) is 5.41 Å². The molecule has 4 aromatic rings. The van der Waals surface area contributed by atoms with Gasteiger partial charge in [-0.1, -0.05) is 86.7 Å². The SMILES string of the molecule is CC1(C)c2ccccc2-c2ccc(/C=C/c3ccc4cc(N)ccc4c3)cc21. The van der Waals surface area contributed by atoms with Crippen LogP contribution in [0.2, 0.25) is 0 Å². The maximum absolute atomic E-state index is 5.88. The van der Waals surface area contributed by atoms with E-state index in [0.29, 0.717) is 0 Å². The minimum atomic E-state index is 0.0403. The van der Waals surface area contributed by atoms with Crippen LogP contribution in [0.3, 0.4) is 0 Å². The van der Waals surface area contributed by atoms with Crippen LogP contribution < -0.4 is 5.73 Å². The summed E-state index contributed by atoms with van der Waals surface area (Å²) in [6.07, 6.45) is 4.39. The van der Waals surface area contributed by atoms with Gasteiger partial charge in [-0.15, -0.1) is 0 Å². The zero-order valence-corrected chi connectivity index (χ0v) is 16.2. The van der Waals surface area contributed by atoms with Crippen molar-refractivity contribution in [2.45, 2.75) is 19.3 Å². The minimum Gasteiger partial charge on any atom is -0.399 e. The number of fused-ring (bicyclic) bond motifs is 4. The second kappa shape index (κ2) is 6.10. The van der Waals surface area contributed by atoms with Gasteiger partial charge in [-0.25, -0.2) is 0 Å². The Morgan fingerprint density at radius 3 is 2.14 bits per heavy atom. The van der Waals surface area contributed by atoms with Crippen molar-refractivity contribution in [3.05, 3.63) is 101 Å². The fourth-order valence-corrected chi connectivity index (χ4v) is 4.40. The van der Waals surface area contributed by atoms with Crippen molar-refractivity contribution in [2.24, 2.45) is 0 Å². The van der Waals surface area contributed by atoms with Crippen molar-refractivity contribution in [1.29, 1.82) is 0 Å². The van der Waals surface area contributed by atoms with E-state index >= 15 is 0 Å². The lowest BCUT2D eigenvalue weighted by molar-refractivity contribution is 0.660. The van der Waals surface area contributed by atoms with Gasteiger partial charge in [0.1, 0.15) is 0 Å². The number of rotatable bonds is 2. The first-order chi connectivity index (χ1) is 13.5. The highest BCUT2D eigenvalue weighted by atomic mass is 14.5. The molecule has 0 spiro atoms. The third-order valence-electron chi connectivity index (χ3n) is 5.96. The predicted molar refractivity (Wildman–Crippen MR) is 121 cm³/mol. The molecule has 0 amide bonds. The molecular formula is C27H23N. The molecule has 0 fully saturated rings. The molecule has 0 unspecified atom stereocenters. The van der Waals surface area contributed by atoms with E-state index < -0.39 is 0 Å². The number of hydrogen-bond acceptors (Lipinski definition) is 1. The van der Waals surface area contributed by atoms with Gasteiger partial charge in [-0.3, -0.25) is 0 Å². The van der Waals surface area contributed by atoms with Gasteiger partial charge < -0.3 is 5.73 Å². The first kappa shape index (κ1) is 16.8. The summed E-state index contributed by atoms with van der Waals surface area (Å²) in [6, 6.07) is 28.1. The topological polar surface area (TPSA) is 26.0 Å². The van der Waals surface area contributed by atoms with E-state index in [-0.39, 0.29) is 5.41 Å². The van der Waals surface area contributed by atoms with Gasteiger partial charge in [-0.05, 0) is 62.4 Å². The number of anilines is 1. The molecular weight excluding hydrogens is 338 g/mol. The molecule has 0 saturated carbocycles. The molecule has 0 aliphatic heterocycles. The predicted octanol–water partition coefficient (Wildman–Crippen LogP) is 6.90. The molecule has 0 heterocycles. The molecule has 1 heteroatoms. The number of nitrogen functional groups attached to an aromatic ring is 1. The summed E-state index contributed by atoms with van der Waals surface area (Å²) in [5.74, 6) is 0. The average molecular weight is 361 g/mol. The molecule has 0 saturated heterocycles. The summed E-state index contributed by atoms with van der Waals surface area (Å²) >= 11 is 0. The van der Waals surface area contributed by atoms with Crippen LogP contribution in [-0.4, -0.2) is 0 Å². The summed E-state index contributed by atoms with van der Waals surface area (Å²) in [7, 11) is 0. The van der Waals surface area contributed by atoms with Crippen molar-refractivity contribution in [3.63, 3.8) is 0 Å². The zero-order valence-electron chi connectivity index (χ0n) is 16.2. The maximum Gasteiger partial charge on any atom is 0.0320 e. The summed E-state index contributed by atoms with van der Waals surface area (Å²) in [5.41, 5.74) is 14.7. The first-order valence-electron chi connectivity index (χ1n) is 9.74. The molecule has 5 rings (SSSR count). The van der Waals surface area contributed by atoms with Crippen molar-refractivity contribution >= 4 is 28.6 Å². The Morgan fingerprint density at radius 1 is 0.643 bits per heavy atom. The molecule has 1 aliphatic rings. The van der Waals surface area contributed by atoms with Crippen LogP contribution in [0, 0.1) is 0 Å². The Balaban J connectivity index is 1.51. The van der Waals surface area contributed by atoms with Crippen LogP contribution >= 0.6 is 0 Å². The number of hydrogen-bond donors (Lipinski definition) is 1. The molecule has 28 heavy (non-hydrogen) atoms. The molecule has 0 atom stereocenters. The standard InChI is InChI=1S/C27H23N/c1-27(2)25-6-4-3-5-23(25)24-14-10-19(16-26(24)27)8-7-18-9-11-21-17-22(28)13-12-20(21)15-18/h3-17H,28H2,1-2H3/b8-7+. The van der Waals surface area contributed by atoms with Gasteiger partial charge in [0.2, 0.25) is 0 Å². The fourth-order valence-electron chi connectivity index (χ4n) is 4.40. The molecule has 4 aromatic carbocycles. The quantitative estimate of drug-likeness (QED) is 0.305. The third kappa shape index (κ3) is 2.63. The normalized spacial score (nSPS) is 14.4. The maximum atomic E-state index is 5.88. The molecule has 1 nitrogen and oxygen atoms in total. The van der Waals surface area contributed by atoms with Gasteiger partial charge in [-0.2, -0.15) is 0 Å². The van der Waals surface area contributed by atoms with Gasteiger partial charge >= 0.3 is 0 Å². The lowest BCUT2D eigenvalue weighted by Gasteiger charge is -2.21. The molecule has 1 aliphatic carbocycles. The summed E-state index contributed by atoms with van der Waals surface area (Å²) in [5, 5.41) is 2.39. The molecule has 0 bridgehead atoms. The van der Waals surface area contributed by atoms with E-state index in [2.05, 4.69) is 92.7 Å². The molecule has 136 valence electrons. The Labute approximate surface area is 166 Å². The van der Waals surface area contributed by atoms with Gasteiger partial charge in [0.05, 0.1) is 0 Å².